The standard InChI is InChI=1S/C22H24N2O5S/c1-2-3-17-29-19-9-11-20(12-10-19)30(27,28)24-16-15-23(14-13-21(24)22(25)26)18-7-5-4-6-8-18/h4-12,21H,13-17H2,1H3,(H,25,26). The molecule has 1 fully saturated rings. The van der Waals surface area contributed by atoms with Gasteiger partial charge in [-0.05, 0) is 49.7 Å². The summed E-state index contributed by atoms with van der Waals surface area (Å²) in [5.41, 5.74) is 0.942. The van der Waals surface area contributed by atoms with Crippen molar-refractivity contribution in [3.8, 4) is 17.6 Å². The van der Waals surface area contributed by atoms with E-state index in [-0.39, 0.29) is 24.5 Å². The van der Waals surface area contributed by atoms with Crippen LogP contribution in [0.2, 0.25) is 0 Å². The van der Waals surface area contributed by atoms with E-state index < -0.39 is 22.0 Å². The summed E-state index contributed by atoms with van der Waals surface area (Å²) in [4.78, 5) is 13.9. The van der Waals surface area contributed by atoms with Crippen LogP contribution in [0.25, 0.3) is 0 Å². The summed E-state index contributed by atoms with van der Waals surface area (Å²) in [6.07, 6.45) is 0.195. The molecule has 2 aromatic rings. The number of anilines is 1. The summed E-state index contributed by atoms with van der Waals surface area (Å²) in [6, 6.07) is 14.4. The molecule has 1 heterocycles. The van der Waals surface area contributed by atoms with Gasteiger partial charge in [-0.2, -0.15) is 4.31 Å². The Morgan fingerprint density at radius 1 is 1.10 bits per heavy atom. The van der Waals surface area contributed by atoms with Crippen LogP contribution in [0.3, 0.4) is 0 Å². The average molecular weight is 429 g/mol. The number of nitrogens with zero attached hydrogens (tertiary/aromatic N) is 2. The molecule has 0 aromatic heterocycles. The lowest BCUT2D eigenvalue weighted by molar-refractivity contribution is -0.141. The fourth-order valence-electron chi connectivity index (χ4n) is 3.38. The molecule has 8 heteroatoms. The third-order valence-corrected chi connectivity index (χ3v) is 6.86. The van der Waals surface area contributed by atoms with E-state index in [1.807, 2.05) is 35.2 Å². The zero-order chi connectivity index (χ0) is 21.6. The van der Waals surface area contributed by atoms with Gasteiger partial charge in [0, 0.05) is 25.3 Å². The predicted octanol–water partition coefficient (Wildman–Crippen LogP) is 2.44. The first kappa shape index (κ1) is 21.7. The van der Waals surface area contributed by atoms with Crippen LogP contribution in [0.1, 0.15) is 13.3 Å². The molecule has 0 aliphatic carbocycles. The molecule has 1 saturated heterocycles. The molecule has 7 nitrogen and oxygen atoms in total. The highest BCUT2D eigenvalue weighted by molar-refractivity contribution is 7.89. The number of carboxylic acid groups (broad SMARTS) is 1. The highest BCUT2D eigenvalue weighted by Crippen LogP contribution is 2.26. The van der Waals surface area contributed by atoms with Crippen molar-refractivity contribution in [3.63, 3.8) is 0 Å². The van der Waals surface area contributed by atoms with E-state index in [9.17, 15) is 18.3 Å². The Hall–Kier alpha value is -3.02. The number of carbonyl (C=O) groups is 1. The van der Waals surface area contributed by atoms with E-state index in [0.29, 0.717) is 18.8 Å². The molecule has 1 aliphatic heterocycles. The fourth-order valence-corrected chi connectivity index (χ4v) is 4.98. The minimum absolute atomic E-state index is 0.0378. The van der Waals surface area contributed by atoms with E-state index in [1.165, 1.54) is 12.1 Å². The Bertz CT molecular complexity index is 1030. The molecule has 0 bridgehead atoms. The predicted molar refractivity (Wildman–Crippen MR) is 114 cm³/mol. The first-order valence-corrected chi connectivity index (χ1v) is 11.0. The van der Waals surface area contributed by atoms with E-state index >= 15 is 0 Å². The van der Waals surface area contributed by atoms with Crippen LogP contribution in [0.4, 0.5) is 5.69 Å². The Morgan fingerprint density at radius 3 is 2.43 bits per heavy atom. The largest absolute Gasteiger partial charge is 0.481 e. The van der Waals surface area contributed by atoms with Gasteiger partial charge in [-0.1, -0.05) is 24.1 Å². The highest BCUT2D eigenvalue weighted by atomic mass is 32.2. The molecule has 158 valence electrons. The molecular weight excluding hydrogens is 404 g/mol. The van der Waals surface area contributed by atoms with Crippen molar-refractivity contribution in [2.75, 3.05) is 31.1 Å². The summed E-state index contributed by atoms with van der Waals surface area (Å²) in [5, 5.41) is 9.71. The molecule has 3 rings (SSSR count). The van der Waals surface area contributed by atoms with Crippen LogP contribution in [-0.2, 0) is 14.8 Å². The fraction of sp³-hybridized carbons (Fsp3) is 0.318. The number of ether oxygens (including phenoxy) is 1. The molecule has 30 heavy (non-hydrogen) atoms. The SMILES string of the molecule is CC#CCOc1ccc(S(=O)(=O)N2CCN(c3ccccc3)CCC2C(=O)O)cc1. The van der Waals surface area contributed by atoms with Gasteiger partial charge >= 0.3 is 5.97 Å². The molecule has 1 aliphatic rings. The summed E-state index contributed by atoms with van der Waals surface area (Å²) < 4.78 is 33.0. The van der Waals surface area contributed by atoms with E-state index in [2.05, 4.69) is 11.8 Å². The van der Waals surface area contributed by atoms with Crippen molar-refractivity contribution in [2.45, 2.75) is 24.3 Å². The van der Waals surface area contributed by atoms with Gasteiger partial charge < -0.3 is 14.7 Å². The summed E-state index contributed by atoms with van der Waals surface area (Å²) >= 11 is 0. The maximum absolute atomic E-state index is 13.3. The van der Waals surface area contributed by atoms with Crippen LogP contribution in [0, 0.1) is 11.8 Å². The second-order valence-electron chi connectivity index (χ2n) is 6.77. The van der Waals surface area contributed by atoms with Crippen molar-refractivity contribution in [3.05, 3.63) is 54.6 Å². The van der Waals surface area contributed by atoms with Crippen LogP contribution >= 0.6 is 0 Å². The first-order chi connectivity index (χ1) is 14.4. The zero-order valence-electron chi connectivity index (χ0n) is 16.7. The maximum atomic E-state index is 13.3. The normalized spacial score (nSPS) is 17.5. The lowest BCUT2D eigenvalue weighted by atomic mass is 10.2. The number of benzene rings is 2. The maximum Gasteiger partial charge on any atom is 0.322 e. The monoisotopic (exact) mass is 428 g/mol. The van der Waals surface area contributed by atoms with Gasteiger partial charge in [0.1, 0.15) is 18.4 Å². The number of aliphatic carboxylic acids is 1. The quantitative estimate of drug-likeness (QED) is 0.711. The van der Waals surface area contributed by atoms with Crippen LogP contribution in [0.15, 0.2) is 59.5 Å². The molecule has 1 atom stereocenters. The van der Waals surface area contributed by atoms with Crippen molar-refractivity contribution in [1.82, 2.24) is 4.31 Å². The number of carboxylic acids is 1. The topological polar surface area (TPSA) is 87.2 Å². The van der Waals surface area contributed by atoms with E-state index in [1.54, 1.807) is 19.1 Å². The summed E-state index contributed by atoms with van der Waals surface area (Å²) in [5.74, 6) is 4.83. The van der Waals surface area contributed by atoms with Crippen LogP contribution < -0.4 is 9.64 Å². The van der Waals surface area contributed by atoms with Gasteiger partial charge in [0.25, 0.3) is 0 Å². The van der Waals surface area contributed by atoms with Crippen molar-refractivity contribution < 1.29 is 23.1 Å². The van der Waals surface area contributed by atoms with Crippen molar-refractivity contribution >= 4 is 21.7 Å². The number of sulfonamides is 1. The summed E-state index contributed by atoms with van der Waals surface area (Å²) in [7, 11) is -3.98. The highest BCUT2D eigenvalue weighted by Gasteiger charge is 2.38. The lowest BCUT2D eigenvalue weighted by Gasteiger charge is -2.26. The number of hydrogen-bond acceptors (Lipinski definition) is 5. The number of rotatable bonds is 6. The van der Waals surface area contributed by atoms with Crippen molar-refractivity contribution in [1.29, 1.82) is 0 Å². The van der Waals surface area contributed by atoms with Gasteiger partial charge in [0.05, 0.1) is 4.90 Å². The molecule has 2 aromatic carbocycles. The lowest BCUT2D eigenvalue weighted by Crippen LogP contribution is -2.45. The van der Waals surface area contributed by atoms with Gasteiger partial charge in [0.2, 0.25) is 10.0 Å². The number of hydrogen-bond donors (Lipinski definition) is 1. The molecule has 0 spiro atoms. The van der Waals surface area contributed by atoms with Gasteiger partial charge in [-0.25, -0.2) is 8.42 Å². The number of para-hydroxylation sites is 1. The van der Waals surface area contributed by atoms with E-state index in [0.717, 1.165) is 9.99 Å². The average Bonchev–Trinajstić information content (AvgIpc) is 2.99. The second-order valence-corrected chi connectivity index (χ2v) is 8.66. The van der Waals surface area contributed by atoms with Crippen molar-refractivity contribution in [2.24, 2.45) is 0 Å². The molecule has 1 N–H and O–H groups in total. The third kappa shape index (κ3) is 4.93. The molecule has 0 saturated carbocycles. The van der Waals surface area contributed by atoms with Gasteiger partial charge in [-0.3, -0.25) is 4.79 Å². The Balaban J connectivity index is 1.83. The van der Waals surface area contributed by atoms with E-state index in [4.69, 9.17) is 4.74 Å². The zero-order valence-corrected chi connectivity index (χ0v) is 17.5. The third-order valence-electron chi connectivity index (χ3n) is 4.93. The molecular formula is C22H24N2O5S. The minimum Gasteiger partial charge on any atom is -0.481 e. The smallest absolute Gasteiger partial charge is 0.322 e. The van der Waals surface area contributed by atoms with Crippen LogP contribution in [-0.4, -0.2) is 56.1 Å². The second kappa shape index (κ2) is 9.65. The van der Waals surface area contributed by atoms with Gasteiger partial charge in [-0.15, -0.1) is 5.92 Å². The van der Waals surface area contributed by atoms with Crippen LogP contribution in [0.5, 0.6) is 5.75 Å². The minimum atomic E-state index is -3.98. The summed E-state index contributed by atoms with van der Waals surface area (Å²) in [6.45, 7) is 2.86. The first-order valence-electron chi connectivity index (χ1n) is 9.60. The Kier molecular flexibility index (Phi) is 6.98. The van der Waals surface area contributed by atoms with Gasteiger partial charge in [0.15, 0.2) is 0 Å². The Labute approximate surface area is 176 Å². The molecule has 0 radical (unpaired) electrons. The molecule has 0 amide bonds. The molecule has 1 unspecified atom stereocenters. The Morgan fingerprint density at radius 2 is 1.80 bits per heavy atom.